The largest absolute Gasteiger partial charge is 0.330 e. The molecule has 0 amide bonds. The molecular weight excluding hydrogens is 356 g/mol. The van der Waals surface area contributed by atoms with E-state index in [4.69, 9.17) is 0 Å². The summed E-state index contributed by atoms with van der Waals surface area (Å²) in [6, 6.07) is -0.0981. The standard InChI is InChI=1S/C15H20N8O2S/c1-21-8-13(7-17-21)26(24,25)20-12-5-11(6-12)15-19-18-14(22(15)2)9-23-4-3-16-10-23/h3-4,7-8,10-12,20H,5-6,9H2,1-2H3. The van der Waals surface area contributed by atoms with Crippen LogP contribution in [0.15, 0.2) is 36.0 Å². The Labute approximate surface area is 150 Å². The number of imidazole rings is 1. The molecule has 0 spiro atoms. The van der Waals surface area contributed by atoms with Crippen molar-refractivity contribution in [2.45, 2.75) is 36.2 Å². The van der Waals surface area contributed by atoms with Crippen LogP contribution in [0.2, 0.25) is 0 Å². The Morgan fingerprint density at radius 1 is 1.27 bits per heavy atom. The maximum atomic E-state index is 12.3. The van der Waals surface area contributed by atoms with Crippen molar-refractivity contribution >= 4 is 10.0 Å². The first kappa shape index (κ1) is 16.9. The van der Waals surface area contributed by atoms with Gasteiger partial charge in [0, 0.05) is 44.6 Å². The summed E-state index contributed by atoms with van der Waals surface area (Å²) in [5, 5.41) is 12.5. The zero-order valence-corrected chi connectivity index (χ0v) is 15.3. The van der Waals surface area contributed by atoms with E-state index in [9.17, 15) is 8.42 Å². The predicted octanol–water partition coefficient (Wildman–Crippen LogP) is 0.0179. The molecule has 4 rings (SSSR count). The van der Waals surface area contributed by atoms with Gasteiger partial charge in [-0.25, -0.2) is 18.1 Å². The third-order valence-electron chi connectivity index (χ3n) is 4.70. The minimum Gasteiger partial charge on any atom is -0.330 e. The molecule has 3 aromatic heterocycles. The van der Waals surface area contributed by atoms with Crippen LogP contribution in [0, 0.1) is 0 Å². The highest BCUT2D eigenvalue weighted by molar-refractivity contribution is 7.89. The molecule has 1 aliphatic carbocycles. The Morgan fingerprint density at radius 3 is 2.73 bits per heavy atom. The highest BCUT2D eigenvalue weighted by atomic mass is 32.2. The smallest absolute Gasteiger partial charge is 0.243 e. The normalized spacial score (nSPS) is 20.2. The molecule has 10 nitrogen and oxygen atoms in total. The van der Waals surface area contributed by atoms with E-state index in [0.717, 1.165) is 11.6 Å². The Balaban J connectivity index is 1.38. The first-order valence-corrected chi connectivity index (χ1v) is 9.75. The highest BCUT2D eigenvalue weighted by Crippen LogP contribution is 2.36. The van der Waals surface area contributed by atoms with Gasteiger partial charge in [0.2, 0.25) is 10.0 Å². The Morgan fingerprint density at radius 2 is 2.08 bits per heavy atom. The predicted molar refractivity (Wildman–Crippen MR) is 91.6 cm³/mol. The maximum absolute atomic E-state index is 12.3. The maximum Gasteiger partial charge on any atom is 0.243 e. The van der Waals surface area contributed by atoms with Crippen LogP contribution in [0.5, 0.6) is 0 Å². The molecule has 138 valence electrons. The molecule has 11 heteroatoms. The number of nitrogens with zero attached hydrogens (tertiary/aromatic N) is 7. The summed E-state index contributed by atoms with van der Waals surface area (Å²) in [6.07, 6.45) is 9.59. The van der Waals surface area contributed by atoms with E-state index in [-0.39, 0.29) is 16.9 Å². The molecule has 26 heavy (non-hydrogen) atoms. The zero-order valence-electron chi connectivity index (χ0n) is 14.5. The molecular formula is C15H20N8O2S. The van der Waals surface area contributed by atoms with Gasteiger partial charge in [-0.1, -0.05) is 0 Å². The lowest BCUT2D eigenvalue weighted by Crippen LogP contribution is -2.43. The molecule has 0 atom stereocenters. The number of aryl methyl sites for hydroxylation is 1. The number of hydrogen-bond acceptors (Lipinski definition) is 6. The van der Waals surface area contributed by atoms with Crippen LogP contribution in [-0.4, -0.2) is 48.6 Å². The van der Waals surface area contributed by atoms with Crippen LogP contribution in [0.25, 0.3) is 0 Å². The van der Waals surface area contributed by atoms with Gasteiger partial charge in [-0.05, 0) is 12.8 Å². The number of rotatable bonds is 6. The quantitative estimate of drug-likeness (QED) is 0.649. The summed E-state index contributed by atoms with van der Waals surface area (Å²) in [5.74, 6) is 1.93. The summed E-state index contributed by atoms with van der Waals surface area (Å²) in [5.41, 5.74) is 0. The molecule has 0 aliphatic heterocycles. The van der Waals surface area contributed by atoms with E-state index in [0.29, 0.717) is 19.4 Å². The topological polar surface area (TPSA) is 113 Å². The van der Waals surface area contributed by atoms with Crippen LogP contribution in [0.3, 0.4) is 0 Å². The zero-order chi connectivity index (χ0) is 18.3. The van der Waals surface area contributed by atoms with E-state index < -0.39 is 10.0 Å². The summed E-state index contributed by atoms with van der Waals surface area (Å²) in [7, 11) is 0.0968. The van der Waals surface area contributed by atoms with Crippen LogP contribution >= 0.6 is 0 Å². The highest BCUT2D eigenvalue weighted by Gasteiger charge is 2.36. The first-order valence-electron chi connectivity index (χ1n) is 8.27. The van der Waals surface area contributed by atoms with E-state index in [1.54, 1.807) is 19.6 Å². The van der Waals surface area contributed by atoms with Crippen molar-refractivity contribution in [3.8, 4) is 0 Å². The number of hydrogen-bond donors (Lipinski definition) is 1. The Hall–Kier alpha value is -2.53. The van der Waals surface area contributed by atoms with Crippen molar-refractivity contribution in [2.24, 2.45) is 14.1 Å². The van der Waals surface area contributed by atoms with Gasteiger partial charge >= 0.3 is 0 Å². The molecule has 1 fully saturated rings. The second-order valence-electron chi connectivity index (χ2n) is 6.60. The van der Waals surface area contributed by atoms with Crippen molar-refractivity contribution in [2.75, 3.05) is 0 Å². The van der Waals surface area contributed by atoms with Gasteiger partial charge in [0.25, 0.3) is 0 Å². The van der Waals surface area contributed by atoms with E-state index in [1.807, 2.05) is 22.4 Å². The summed E-state index contributed by atoms with van der Waals surface area (Å²) >= 11 is 0. The second kappa shape index (κ2) is 6.32. The minimum absolute atomic E-state index is 0.0981. The van der Waals surface area contributed by atoms with Crippen molar-refractivity contribution in [1.82, 2.24) is 38.8 Å². The monoisotopic (exact) mass is 376 g/mol. The van der Waals surface area contributed by atoms with Crippen LogP contribution in [-0.2, 0) is 30.7 Å². The molecule has 3 heterocycles. The lowest BCUT2D eigenvalue weighted by Gasteiger charge is -2.34. The molecule has 0 radical (unpaired) electrons. The molecule has 0 bridgehead atoms. The third kappa shape index (κ3) is 3.15. The lowest BCUT2D eigenvalue weighted by atomic mass is 9.80. The average molecular weight is 376 g/mol. The molecule has 1 saturated carbocycles. The van der Waals surface area contributed by atoms with E-state index in [2.05, 4.69) is 25.0 Å². The van der Waals surface area contributed by atoms with E-state index in [1.165, 1.54) is 17.1 Å². The van der Waals surface area contributed by atoms with Gasteiger partial charge in [0.15, 0.2) is 5.82 Å². The average Bonchev–Trinajstić information content (AvgIpc) is 3.28. The van der Waals surface area contributed by atoms with Gasteiger partial charge in [0.1, 0.15) is 10.7 Å². The molecule has 0 saturated heterocycles. The first-order chi connectivity index (χ1) is 12.4. The molecule has 1 N–H and O–H groups in total. The van der Waals surface area contributed by atoms with Crippen molar-refractivity contribution in [1.29, 1.82) is 0 Å². The van der Waals surface area contributed by atoms with Gasteiger partial charge in [-0.2, -0.15) is 5.10 Å². The SMILES string of the molecule is Cn1cc(S(=O)(=O)NC2CC(c3nnc(Cn4ccnc4)n3C)C2)cn1. The number of aromatic nitrogens is 7. The van der Waals surface area contributed by atoms with Crippen molar-refractivity contribution < 1.29 is 8.42 Å². The van der Waals surface area contributed by atoms with Crippen molar-refractivity contribution in [3.05, 3.63) is 42.8 Å². The van der Waals surface area contributed by atoms with E-state index >= 15 is 0 Å². The Bertz CT molecular complexity index is 999. The number of nitrogens with one attached hydrogen (secondary N) is 1. The molecule has 1 aliphatic rings. The van der Waals surface area contributed by atoms with Crippen LogP contribution in [0.4, 0.5) is 0 Å². The molecule has 0 aromatic carbocycles. The fourth-order valence-corrected chi connectivity index (χ4v) is 4.41. The van der Waals surface area contributed by atoms with Crippen LogP contribution in [0.1, 0.15) is 30.4 Å². The van der Waals surface area contributed by atoms with Crippen molar-refractivity contribution in [3.63, 3.8) is 0 Å². The summed E-state index contributed by atoms with van der Waals surface area (Å²) < 4.78 is 32.8. The minimum atomic E-state index is -3.53. The summed E-state index contributed by atoms with van der Waals surface area (Å²) in [4.78, 5) is 4.21. The van der Waals surface area contributed by atoms with Gasteiger partial charge in [0.05, 0.1) is 19.1 Å². The van der Waals surface area contributed by atoms with Gasteiger partial charge in [-0.3, -0.25) is 4.68 Å². The van der Waals surface area contributed by atoms with Gasteiger partial charge < -0.3 is 9.13 Å². The molecule has 0 unspecified atom stereocenters. The lowest BCUT2D eigenvalue weighted by molar-refractivity contribution is 0.309. The summed E-state index contributed by atoms with van der Waals surface area (Å²) in [6.45, 7) is 0.604. The number of sulfonamides is 1. The van der Waals surface area contributed by atoms with Crippen LogP contribution < -0.4 is 4.72 Å². The fraction of sp³-hybridized carbons (Fsp3) is 0.467. The third-order valence-corrected chi connectivity index (χ3v) is 6.17. The van der Waals surface area contributed by atoms with Gasteiger partial charge in [-0.15, -0.1) is 10.2 Å². The Kier molecular flexibility index (Phi) is 4.11. The fourth-order valence-electron chi connectivity index (χ4n) is 3.16. The molecule has 3 aromatic rings. The second-order valence-corrected chi connectivity index (χ2v) is 8.32.